The first kappa shape index (κ1) is 23.4. The van der Waals surface area contributed by atoms with Gasteiger partial charge in [-0.1, -0.05) is 39.0 Å². The summed E-state index contributed by atoms with van der Waals surface area (Å²) in [5.41, 5.74) is 10.7. The lowest BCUT2D eigenvalue weighted by Crippen LogP contribution is -2.37. The van der Waals surface area contributed by atoms with Gasteiger partial charge in [-0.25, -0.2) is 4.98 Å². The standard InChI is InChI=1S/C25H31N7O2/c1-25(2,3)17-8-6-7-9-18(17)28-23-16-13-19(21(34-5)12-15(16)10-11-32(23)4)29-24-27-14-20(22(26)33)30-31-24/h6-9,12-14,23,28H,10-11H2,1-5H3,(H2,26,33)(H,27,29,31). The third-order valence-corrected chi connectivity index (χ3v) is 6.02. The van der Waals surface area contributed by atoms with Crippen LogP contribution in [0.25, 0.3) is 0 Å². The largest absolute Gasteiger partial charge is 0.495 e. The molecule has 1 aliphatic rings. The molecule has 2 heterocycles. The minimum atomic E-state index is -0.676. The molecule has 0 aliphatic carbocycles. The number of fused-ring (bicyclic) bond motifs is 1. The maximum absolute atomic E-state index is 11.3. The van der Waals surface area contributed by atoms with Crippen LogP contribution in [0.2, 0.25) is 0 Å². The lowest BCUT2D eigenvalue weighted by Gasteiger charge is -2.37. The van der Waals surface area contributed by atoms with Gasteiger partial charge in [0.05, 0.1) is 19.0 Å². The second-order valence-corrected chi connectivity index (χ2v) is 9.48. The smallest absolute Gasteiger partial charge is 0.270 e. The van der Waals surface area contributed by atoms with E-state index in [1.807, 2.05) is 0 Å². The predicted molar refractivity (Wildman–Crippen MR) is 132 cm³/mol. The molecule has 3 aromatic rings. The molecule has 0 fully saturated rings. The molecular formula is C25H31N7O2. The minimum absolute atomic E-state index is 0.00589. The van der Waals surface area contributed by atoms with Crippen molar-refractivity contribution < 1.29 is 9.53 Å². The fourth-order valence-electron chi connectivity index (χ4n) is 4.20. The van der Waals surface area contributed by atoms with Crippen LogP contribution in [0.3, 0.4) is 0 Å². The average molecular weight is 462 g/mol. The van der Waals surface area contributed by atoms with Crippen LogP contribution < -0.4 is 21.1 Å². The first-order chi connectivity index (χ1) is 16.2. The van der Waals surface area contributed by atoms with E-state index in [1.165, 1.54) is 17.3 Å². The summed E-state index contributed by atoms with van der Waals surface area (Å²) >= 11 is 0. The zero-order valence-electron chi connectivity index (χ0n) is 20.2. The molecule has 0 saturated heterocycles. The number of carbonyl (C=O) groups is 1. The number of methoxy groups -OCH3 is 1. The molecule has 4 N–H and O–H groups in total. The minimum Gasteiger partial charge on any atom is -0.495 e. The maximum atomic E-state index is 11.3. The molecule has 0 spiro atoms. The van der Waals surface area contributed by atoms with Crippen molar-refractivity contribution >= 4 is 23.2 Å². The van der Waals surface area contributed by atoms with Crippen molar-refractivity contribution in [3.05, 3.63) is 65.0 Å². The second-order valence-electron chi connectivity index (χ2n) is 9.48. The van der Waals surface area contributed by atoms with Gasteiger partial charge in [0.25, 0.3) is 5.91 Å². The van der Waals surface area contributed by atoms with Gasteiger partial charge < -0.3 is 21.1 Å². The molecule has 34 heavy (non-hydrogen) atoms. The lowest BCUT2D eigenvalue weighted by atomic mass is 9.85. The summed E-state index contributed by atoms with van der Waals surface area (Å²) < 4.78 is 5.64. The Labute approximate surface area is 199 Å². The number of hydrogen-bond donors (Lipinski definition) is 3. The number of nitrogens with zero attached hydrogens (tertiary/aromatic N) is 4. The van der Waals surface area contributed by atoms with Crippen LogP contribution in [0.15, 0.2) is 42.6 Å². The molecule has 0 bridgehead atoms. The molecule has 0 saturated carbocycles. The summed E-state index contributed by atoms with van der Waals surface area (Å²) in [7, 11) is 3.75. The van der Waals surface area contributed by atoms with Crippen LogP contribution in [0.5, 0.6) is 5.75 Å². The summed E-state index contributed by atoms with van der Waals surface area (Å²) in [6.45, 7) is 7.57. The van der Waals surface area contributed by atoms with E-state index in [0.717, 1.165) is 24.2 Å². The van der Waals surface area contributed by atoms with Gasteiger partial charge in [0.1, 0.15) is 11.9 Å². The number of ether oxygens (including phenoxy) is 1. The molecule has 9 nitrogen and oxygen atoms in total. The number of nitrogens with one attached hydrogen (secondary N) is 2. The molecule has 2 aromatic carbocycles. The number of hydrogen-bond acceptors (Lipinski definition) is 8. The first-order valence-electron chi connectivity index (χ1n) is 11.2. The van der Waals surface area contributed by atoms with Crippen LogP contribution in [0.1, 0.15) is 54.1 Å². The Balaban J connectivity index is 1.70. The van der Waals surface area contributed by atoms with Gasteiger partial charge in [-0.2, -0.15) is 0 Å². The monoisotopic (exact) mass is 461 g/mol. The van der Waals surface area contributed by atoms with Gasteiger partial charge in [0.2, 0.25) is 5.95 Å². The van der Waals surface area contributed by atoms with Crippen molar-refractivity contribution in [3.8, 4) is 5.75 Å². The second kappa shape index (κ2) is 9.26. The number of para-hydroxylation sites is 1. The molecule has 178 valence electrons. The third-order valence-electron chi connectivity index (χ3n) is 6.02. The Morgan fingerprint density at radius 3 is 2.59 bits per heavy atom. The van der Waals surface area contributed by atoms with Gasteiger partial charge in [-0.3, -0.25) is 9.69 Å². The number of likely N-dealkylation sites (N-methyl/N-ethyl adjacent to an activating group) is 1. The molecule has 1 aromatic heterocycles. The highest BCUT2D eigenvalue weighted by molar-refractivity contribution is 5.90. The normalized spacial score (nSPS) is 16.0. The third kappa shape index (κ3) is 4.79. The zero-order valence-corrected chi connectivity index (χ0v) is 20.2. The topological polar surface area (TPSA) is 118 Å². The Morgan fingerprint density at radius 1 is 1.18 bits per heavy atom. The van der Waals surface area contributed by atoms with E-state index in [2.05, 4.69) is 94.9 Å². The van der Waals surface area contributed by atoms with E-state index in [0.29, 0.717) is 11.4 Å². The fourth-order valence-corrected chi connectivity index (χ4v) is 4.20. The number of amides is 1. The van der Waals surface area contributed by atoms with Gasteiger partial charge in [-0.15, -0.1) is 10.2 Å². The van der Waals surface area contributed by atoms with E-state index >= 15 is 0 Å². The molecule has 1 amide bonds. The Morgan fingerprint density at radius 2 is 1.94 bits per heavy atom. The van der Waals surface area contributed by atoms with Crippen LogP contribution in [-0.2, 0) is 11.8 Å². The quantitative estimate of drug-likeness (QED) is 0.509. The van der Waals surface area contributed by atoms with Gasteiger partial charge >= 0.3 is 0 Å². The van der Waals surface area contributed by atoms with Crippen LogP contribution in [-0.4, -0.2) is 46.7 Å². The summed E-state index contributed by atoms with van der Waals surface area (Å²) in [6, 6.07) is 12.6. The van der Waals surface area contributed by atoms with Crippen LogP contribution in [0.4, 0.5) is 17.3 Å². The molecule has 4 rings (SSSR count). The highest BCUT2D eigenvalue weighted by Crippen LogP contribution is 2.39. The number of anilines is 3. The van der Waals surface area contributed by atoms with Gasteiger partial charge in [0, 0.05) is 12.2 Å². The Hall–Kier alpha value is -3.72. The predicted octanol–water partition coefficient (Wildman–Crippen LogP) is 3.62. The molecule has 1 unspecified atom stereocenters. The van der Waals surface area contributed by atoms with Gasteiger partial charge in [0.15, 0.2) is 5.69 Å². The number of carbonyl (C=O) groups excluding carboxylic acids is 1. The van der Waals surface area contributed by atoms with E-state index in [9.17, 15) is 4.79 Å². The fraction of sp³-hybridized carbons (Fsp3) is 0.360. The summed E-state index contributed by atoms with van der Waals surface area (Å²) in [5.74, 6) is 0.250. The van der Waals surface area contributed by atoms with E-state index in [1.54, 1.807) is 7.11 Å². The number of nitrogens with two attached hydrogens (primary N) is 1. The summed E-state index contributed by atoms with van der Waals surface area (Å²) in [6.07, 6.45) is 2.17. The first-order valence-corrected chi connectivity index (χ1v) is 11.2. The van der Waals surface area contributed by atoms with Crippen LogP contribution >= 0.6 is 0 Å². The highest BCUT2D eigenvalue weighted by Gasteiger charge is 2.28. The van der Waals surface area contributed by atoms with Gasteiger partial charge in [-0.05, 0) is 53.8 Å². The molecule has 0 radical (unpaired) electrons. The number of primary amides is 1. The average Bonchev–Trinajstić information content (AvgIpc) is 2.80. The van der Waals surface area contributed by atoms with Crippen molar-refractivity contribution in [3.63, 3.8) is 0 Å². The van der Waals surface area contributed by atoms with E-state index < -0.39 is 5.91 Å². The van der Waals surface area contributed by atoms with Crippen molar-refractivity contribution in [2.75, 3.05) is 31.3 Å². The molecule has 1 atom stereocenters. The van der Waals surface area contributed by atoms with Crippen molar-refractivity contribution in [1.82, 2.24) is 20.1 Å². The summed E-state index contributed by atoms with van der Waals surface area (Å²) in [5, 5.41) is 14.7. The molecule has 9 heteroatoms. The zero-order chi connectivity index (χ0) is 24.5. The number of benzene rings is 2. The van der Waals surface area contributed by atoms with Crippen molar-refractivity contribution in [2.24, 2.45) is 5.73 Å². The highest BCUT2D eigenvalue weighted by atomic mass is 16.5. The molecular weight excluding hydrogens is 430 g/mol. The Kier molecular flexibility index (Phi) is 6.39. The van der Waals surface area contributed by atoms with E-state index in [-0.39, 0.29) is 23.2 Å². The van der Waals surface area contributed by atoms with Crippen molar-refractivity contribution in [1.29, 1.82) is 0 Å². The SMILES string of the molecule is COc1cc2c(cc1Nc1ncc(C(N)=O)nn1)C(Nc1ccccc1C(C)(C)C)N(C)CC2. The van der Waals surface area contributed by atoms with Crippen LogP contribution in [0, 0.1) is 0 Å². The number of rotatable bonds is 6. The Bertz CT molecular complexity index is 1190. The summed E-state index contributed by atoms with van der Waals surface area (Å²) in [4.78, 5) is 17.7. The lowest BCUT2D eigenvalue weighted by molar-refractivity contribution is 0.0994. The maximum Gasteiger partial charge on any atom is 0.270 e. The van der Waals surface area contributed by atoms with Crippen molar-refractivity contribution in [2.45, 2.75) is 38.8 Å². The van der Waals surface area contributed by atoms with E-state index in [4.69, 9.17) is 10.5 Å². The molecule has 1 aliphatic heterocycles. The number of aromatic nitrogens is 3.